The van der Waals surface area contributed by atoms with Crippen molar-refractivity contribution in [2.45, 2.75) is 61.5 Å². The van der Waals surface area contributed by atoms with Gasteiger partial charge >= 0.3 is 12.0 Å². The van der Waals surface area contributed by atoms with Gasteiger partial charge in [0, 0.05) is 23.1 Å². The van der Waals surface area contributed by atoms with Crippen molar-refractivity contribution in [2.24, 2.45) is 0 Å². The van der Waals surface area contributed by atoms with Crippen LogP contribution in [0.4, 0.5) is 10.5 Å². The molecule has 0 aromatic heterocycles. The fourth-order valence-corrected chi connectivity index (χ4v) is 4.23. The van der Waals surface area contributed by atoms with Crippen molar-refractivity contribution in [3.05, 3.63) is 24.3 Å². The Morgan fingerprint density at radius 3 is 2.68 bits per heavy atom. The van der Waals surface area contributed by atoms with E-state index in [1.165, 1.54) is 32.8 Å². The Kier molecular flexibility index (Phi) is 8.66. The van der Waals surface area contributed by atoms with Crippen LogP contribution in [0, 0.1) is 0 Å². The summed E-state index contributed by atoms with van der Waals surface area (Å²) in [7, 11) is 1.40. The molecule has 0 saturated heterocycles. The first-order valence-electron chi connectivity index (χ1n) is 9.06. The number of hydrogen-bond acceptors (Lipinski definition) is 4. The molecule has 1 aromatic rings. The average Bonchev–Trinajstić information content (AvgIpc) is 3.12. The van der Waals surface area contributed by atoms with Gasteiger partial charge in [-0.05, 0) is 37.8 Å². The lowest BCUT2D eigenvalue weighted by Crippen LogP contribution is -2.29. The van der Waals surface area contributed by atoms with Gasteiger partial charge in [-0.2, -0.15) is 0 Å². The Balaban J connectivity index is 1.68. The minimum atomic E-state index is -0.179. The standard InChI is InChI=1S/C19H28N2O3S/c1-24-18(22)13-3-2-8-14-20-19(23)21-16-11-6-7-12-17(16)25-15-9-4-5-10-15/h6-7,11-12,15H,2-5,8-10,13-14H2,1H3,(H2,20,21,23). The predicted molar refractivity (Wildman–Crippen MR) is 102 cm³/mol. The summed E-state index contributed by atoms with van der Waals surface area (Å²) >= 11 is 1.87. The second kappa shape index (κ2) is 11.0. The van der Waals surface area contributed by atoms with Gasteiger partial charge in [0.05, 0.1) is 12.8 Å². The first-order valence-corrected chi connectivity index (χ1v) is 9.94. The lowest BCUT2D eigenvalue weighted by atomic mass is 10.2. The number of rotatable bonds is 9. The van der Waals surface area contributed by atoms with E-state index in [4.69, 9.17) is 0 Å². The van der Waals surface area contributed by atoms with Crippen molar-refractivity contribution in [1.82, 2.24) is 5.32 Å². The number of urea groups is 1. The third-order valence-electron chi connectivity index (χ3n) is 4.30. The molecular weight excluding hydrogens is 336 g/mol. The number of hydrogen-bond donors (Lipinski definition) is 2. The quantitative estimate of drug-likeness (QED) is 0.497. The molecule has 0 aliphatic heterocycles. The maximum absolute atomic E-state index is 12.1. The van der Waals surface area contributed by atoms with E-state index in [0.29, 0.717) is 18.2 Å². The molecule has 138 valence electrons. The number of ether oxygens (including phenoxy) is 1. The first kappa shape index (κ1) is 19.6. The highest BCUT2D eigenvalue weighted by molar-refractivity contribution is 8.00. The van der Waals surface area contributed by atoms with Crippen LogP contribution in [0.2, 0.25) is 0 Å². The molecule has 0 bridgehead atoms. The van der Waals surface area contributed by atoms with Crippen LogP contribution in [0.3, 0.4) is 0 Å². The van der Waals surface area contributed by atoms with Crippen LogP contribution in [-0.4, -0.2) is 30.9 Å². The van der Waals surface area contributed by atoms with Gasteiger partial charge in [-0.25, -0.2) is 4.79 Å². The Morgan fingerprint density at radius 2 is 1.92 bits per heavy atom. The summed E-state index contributed by atoms with van der Waals surface area (Å²) in [6.07, 6.45) is 8.11. The van der Waals surface area contributed by atoms with Crippen molar-refractivity contribution in [3.8, 4) is 0 Å². The largest absolute Gasteiger partial charge is 0.469 e. The summed E-state index contributed by atoms with van der Waals surface area (Å²) in [4.78, 5) is 24.2. The van der Waals surface area contributed by atoms with Crippen LogP contribution in [0.15, 0.2) is 29.2 Å². The minimum Gasteiger partial charge on any atom is -0.469 e. The summed E-state index contributed by atoms with van der Waals surface area (Å²) in [5, 5.41) is 6.50. The number of unbranched alkanes of at least 4 members (excludes halogenated alkanes) is 2. The molecule has 0 radical (unpaired) electrons. The van der Waals surface area contributed by atoms with Gasteiger partial charge in [0.25, 0.3) is 0 Å². The van der Waals surface area contributed by atoms with Crippen LogP contribution >= 0.6 is 11.8 Å². The lowest BCUT2D eigenvalue weighted by Gasteiger charge is -2.14. The van der Waals surface area contributed by atoms with Gasteiger partial charge in [0.1, 0.15) is 0 Å². The van der Waals surface area contributed by atoms with E-state index < -0.39 is 0 Å². The first-order chi connectivity index (χ1) is 12.2. The monoisotopic (exact) mass is 364 g/mol. The summed E-state index contributed by atoms with van der Waals surface area (Å²) in [5.41, 5.74) is 0.877. The molecule has 0 unspecified atom stereocenters. The fraction of sp³-hybridized carbons (Fsp3) is 0.579. The van der Waals surface area contributed by atoms with E-state index in [1.54, 1.807) is 0 Å². The van der Waals surface area contributed by atoms with Crippen molar-refractivity contribution >= 4 is 29.4 Å². The number of carbonyl (C=O) groups excluding carboxylic acids is 2. The molecule has 0 heterocycles. The molecule has 1 saturated carbocycles. The second-order valence-electron chi connectivity index (χ2n) is 6.29. The molecule has 1 aliphatic carbocycles. The smallest absolute Gasteiger partial charge is 0.319 e. The molecule has 1 aromatic carbocycles. The molecule has 1 fully saturated rings. The highest BCUT2D eigenvalue weighted by Gasteiger charge is 2.18. The van der Waals surface area contributed by atoms with Crippen molar-refractivity contribution in [1.29, 1.82) is 0 Å². The molecule has 0 atom stereocenters. The topological polar surface area (TPSA) is 67.4 Å². The number of carbonyl (C=O) groups is 2. The van der Waals surface area contributed by atoms with Gasteiger partial charge in [-0.1, -0.05) is 31.4 Å². The van der Waals surface area contributed by atoms with Crippen molar-refractivity contribution < 1.29 is 14.3 Å². The molecule has 5 nitrogen and oxygen atoms in total. The van der Waals surface area contributed by atoms with Gasteiger partial charge in [-0.3, -0.25) is 4.79 Å². The number of methoxy groups -OCH3 is 1. The molecule has 2 rings (SSSR count). The zero-order chi connectivity index (χ0) is 17.9. The van der Waals surface area contributed by atoms with Crippen LogP contribution < -0.4 is 10.6 Å². The van der Waals surface area contributed by atoms with Gasteiger partial charge < -0.3 is 15.4 Å². The third-order valence-corrected chi connectivity index (χ3v) is 5.72. The van der Waals surface area contributed by atoms with Crippen LogP contribution in [0.5, 0.6) is 0 Å². The maximum Gasteiger partial charge on any atom is 0.319 e. The second-order valence-corrected chi connectivity index (χ2v) is 7.63. The van der Waals surface area contributed by atoms with Crippen molar-refractivity contribution in [3.63, 3.8) is 0 Å². The zero-order valence-electron chi connectivity index (χ0n) is 14.9. The van der Waals surface area contributed by atoms with E-state index in [-0.39, 0.29) is 12.0 Å². The van der Waals surface area contributed by atoms with E-state index in [2.05, 4.69) is 21.4 Å². The normalized spacial score (nSPS) is 14.3. The number of anilines is 1. The number of para-hydroxylation sites is 1. The summed E-state index contributed by atoms with van der Waals surface area (Å²) < 4.78 is 4.60. The summed E-state index contributed by atoms with van der Waals surface area (Å²) in [5.74, 6) is -0.179. The Bertz CT molecular complexity index is 559. The Hall–Kier alpha value is -1.69. The fourth-order valence-electron chi connectivity index (χ4n) is 2.90. The van der Waals surface area contributed by atoms with Crippen molar-refractivity contribution in [2.75, 3.05) is 19.0 Å². The molecule has 6 heteroatoms. The molecule has 25 heavy (non-hydrogen) atoms. The summed E-state index contributed by atoms with van der Waals surface area (Å²) in [6.45, 7) is 0.602. The predicted octanol–water partition coefficient (Wildman–Crippen LogP) is 4.58. The molecule has 2 N–H and O–H groups in total. The number of nitrogens with one attached hydrogen (secondary N) is 2. The average molecular weight is 365 g/mol. The Labute approximate surface area is 154 Å². The van der Waals surface area contributed by atoms with Gasteiger partial charge in [0.2, 0.25) is 0 Å². The Morgan fingerprint density at radius 1 is 1.16 bits per heavy atom. The van der Waals surface area contributed by atoms with E-state index in [9.17, 15) is 9.59 Å². The molecule has 0 spiro atoms. The SMILES string of the molecule is COC(=O)CCCCCNC(=O)Nc1ccccc1SC1CCCC1. The van der Waals surface area contributed by atoms with E-state index in [1.807, 2.05) is 30.0 Å². The summed E-state index contributed by atoms with van der Waals surface area (Å²) in [6, 6.07) is 7.81. The molecular formula is C19H28N2O3S. The number of benzene rings is 1. The molecule has 2 amide bonds. The number of esters is 1. The number of thioether (sulfide) groups is 1. The van der Waals surface area contributed by atoms with Gasteiger partial charge in [0.15, 0.2) is 0 Å². The zero-order valence-corrected chi connectivity index (χ0v) is 15.7. The van der Waals surface area contributed by atoms with E-state index >= 15 is 0 Å². The highest BCUT2D eigenvalue weighted by atomic mass is 32.2. The third kappa shape index (κ3) is 7.38. The minimum absolute atomic E-state index is 0.174. The van der Waals surface area contributed by atoms with Crippen LogP contribution in [0.25, 0.3) is 0 Å². The lowest BCUT2D eigenvalue weighted by molar-refractivity contribution is -0.140. The van der Waals surface area contributed by atoms with Crippen LogP contribution in [0.1, 0.15) is 51.4 Å². The highest BCUT2D eigenvalue weighted by Crippen LogP contribution is 2.37. The maximum atomic E-state index is 12.1. The van der Waals surface area contributed by atoms with Crippen LogP contribution in [-0.2, 0) is 9.53 Å². The van der Waals surface area contributed by atoms with Gasteiger partial charge in [-0.15, -0.1) is 11.8 Å². The molecule has 1 aliphatic rings. The van der Waals surface area contributed by atoms with E-state index in [0.717, 1.165) is 29.8 Å². The number of amides is 2.